The molecular formula is C8H16Br2NO4P. The van der Waals surface area contributed by atoms with Crippen LogP contribution in [0.4, 0.5) is 0 Å². The highest BCUT2D eigenvalue weighted by Gasteiger charge is 2.22. The molecule has 16 heavy (non-hydrogen) atoms. The second-order valence-electron chi connectivity index (χ2n) is 2.93. The van der Waals surface area contributed by atoms with Crippen LogP contribution in [0.3, 0.4) is 0 Å². The van der Waals surface area contributed by atoms with Gasteiger partial charge < -0.3 is 10.8 Å². The lowest BCUT2D eigenvalue weighted by Gasteiger charge is -2.18. The first-order chi connectivity index (χ1) is 7.43. The zero-order valence-electron chi connectivity index (χ0n) is 8.88. The summed E-state index contributed by atoms with van der Waals surface area (Å²) in [5, 5.41) is 10.0. The molecule has 0 bridgehead atoms. The maximum atomic E-state index is 11.6. The fourth-order valence-corrected chi connectivity index (χ4v) is 2.73. The van der Waals surface area contributed by atoms with Gasteiger partial charge in [0.15, 0.2) is 0 Å². The minimum Gasteiger partial charge on any atom is -0.387 e. The van der Waals surface area contributed by atoms with Crippen molar-refractivity contribution >= 4 is 37.7 Å². The molecule has 0 aliphatic rings. The van der Waals surface area contributed by atoms with Gasteiger partial charge in [-0.15, -0.1) is 0 Å². The largest absolute Gasteiger partial charge is 0.396 e. The number of hydrogen-bond acceptors (Lipinski definition) is 5. The summed E-state index contributed by atoms with van der Waals surface area (Å²) in [5.41, 5.74) is 5.61. The molecule has 0 saturated heterocycles. The summed E-state index contributed by atoms with van der Waals surface area (Å²) in [6.45, 7) is 1.97. The summed E-state index contributed by atoms with van der Waals surface area (Å²) in [4.78, 5) is 0. The summed E-state index contributed by atoms with van der Waals surface area (Å²) >= 11 is 5.96. The van der Waals surface area contributed by atoms with Crippen LogP contribution in [0.2, 0.25) is 0 Å². The monoisotopic (exact) mass is 379 g/mol. The van der Waals surface area contributed by atoms with E-state index in [2.05, 4.69) is 31.4 Å². The maximum absolute atomic E-state index is 11.6. The van der Waals surface area contributed by atoms with Gasteiger partial charge in [-0.1, -0.05) is 28.1 Å². The van der Waals surface area contributed by atoms with Crippen LogP contribution in [0.25, 0.3) is 0 Å². The molecule has 5 nitrogen and oxygen atoms in total. The molecule has 0 rings (SSSR count). The number of nitrogens with two attached hydrogens (primary N) is 1. The highest BCUT2D eigenvalue weighted by Crippen LogP contribution is 2.56. The quantitative estimate of drug-likeness (QED) is 0.383. The van der Waals surface area contributed by atoms with E-state index in [-0.39, 0.29) is 13.2 Å². The van der Waals surface area contributed by atoms with Crippen LogP contribution in [0.5, 0.6) is 0 Å². The van der Waals surface area contributed by atoms with Gasteiger partial charge in [-0.2, -0.15) is 0 Å². The van der Waals surface area contributed by atoms with Crippen molar-refractivity contribution in [1.29, 1.82) is 0 Å². The summed E-state index contributed by atoms with van der Waals surface area (Å²) in [5.74, 6) is 0. The lowest BCUT2D eigenvalue weighted by atomic mass is 10.2. The molecule has 8 heteroatoms. The number of allylic oxidation sites excluding steroid dienone is 1. The molecule has 0 aromatic heterocycles. The first-order valence-electron chi connectivity index (χ1n) is 4.64. The standard InChI is InChI=1S/C8H16Br2NO4P/c1-2-3-8(12)7(11)6-15-16(10,13)14-5-4-9/h2-3,7-8,12H,4-6,11H2,1H3/b3-2+/t7-,8+,16?/m0/s1. The first-order valence-corrected chi connectivity index (χ1v) is 9.32. The Labute approximate surface area is 112 Å². The molecule has 3 N–H and O–H groups in total. The van der Waals surface area contributed by atoms with Gasteiger partial charge >= 0.3 is 6.30 Å². The summed E-state index contributed by atoms with van der Waals surface area (Å²) in [6.07, 6.45) is -0.865. The van der Waals surface area contributed by atoms with Gasteiger partial charge in [0.05, 0.1) is 25.4 Å². The normalized spacial score (nSPS) is 19.6. The number of rotatable bonds is 8. The lowest BCUT2D eigenvalue weighted by Crippen LogP contribution is -2.37. The Balaban J connectivity index is 3.98. The number of aliphatic hydroxyl groups is 1. The Morgan fingerprint density at radius 1 is 1.56 bits per heavy atom. The fourth-order valence-electron chi connectivity index (χ4n) is 0.794. The fraction of sp³-hybridized carbons (Fsp3) is 0.750. The highest BCUT2D eigenvalue weighted by atomic mass is 79.9. The Hall–Kier alpha value is 0.770. The van der Waals surface area contributed by atoms with Crippen LogP contribution < -0.4 is 5.73 Å². The van der Waals surface area contributed by atoms with E-state index in [4.69, 9.17) is 14.8 Å². The van der Waals surface area contributed by atoms with Crippen molar-refractivity contribution in [3.8, 4) is 0 Å². The minimum absolute atomic E-state index is 0.0592. The molecule has 0 aromatic rings. The van der Waals surface area contributed by atoms with Crippen molar-refractivity contribution in [3.05, 3.63) is 12.2 Å². The number of hydrogen-bond donors (Lipinski definition) is 2. The molecule has 0 saturated carbocycles. The van der Waals surface area contributed by atoms with Crippen LogP contribution in [0, 0.1) is 0 Å². The Morgan fingerprint density at radius 2 is 2.19 bits per heavy atom. The third-order valence-electron chi connectivity index (χ3n) is 1.57. The lowest BCUT2D eigenvalue weighted by molar-refractivity contribution is 0.143. The van der Waals surface area contributed by atoms with Crippen molar-refractivity contribution in [3.63, 3.8) is 0 Å². The second-order valence-corrected chi connectivity index (χ2v) is 7.71. The molecule has 96 valence electrons. The average molecular weight is 381 g/mol. The van der Waals surface area contributed by atoms with Crippen LogP contribution in [-0.4, -0.2) is 35.8 Å². The third kappa shape index (κ3) is 7.95. The summed E-state index contributed by atoms with van der Waals surface area (Å²) < 4.78 is 21.4. The molecule has 1 unspecified atom stereocenters. The molecule has 0 aliphatic carbocycles. The van der Waals surface area contributed by atoms with Gasteiger partial charge in [-0.25, -0.2) is 4.57 Å². The molecule has 3 atom stereocenters. The molecule has 0 heterocycles. The third-order valence-corrected chi connectivity index (χ3v) is 4.07. The minimum atomic E-state index is -3.25. The number of alkyl halides is 1. The summed E-state index contributed by atoms with van der Waals surface area (Å²) in [7, 11) is 0. The van der Waals surface area contributed by atoms with Crippen LogP contribution >= 0.6 is 37.7 Å². The van der Waals surface area contributed by atoms with Crippen molar-refractivity contribution in [2.24, 2.45) is 5.73 Å². The molecule has 0 fully saturated rings. The van der Waals surface area contributed by atoms with Gasteiger partial charge in [0.1, 0.15) is 0 Å². The number of aliphatic hydroxyl groups excluding tert-OH is 1. The zero-order valence-corrected chi connectivity index (χ0v) is 12.9. The molecule has 0 aliphatic heterocycles. The first kappa shape index (κ1) is 16.8. The van der Waals surface area contributed by atoms with Crippen molar-refractivity contribution in [2.75, 3.05) is 18.5 Å². The second kappa shape index (κ2) is 8.80. The predicted octanol–water partition coefficient (Wildman–Crippen LogP) is 2.18. The Kier molecular flexibility index (Phi) is 9.23. The van der Waals surface area contributed by atoms with E-state index in [1.54, 1.807) is 13.0 Å². The SMILES string of the molecule is C/C=C/[C@@H](O)[C@@H](N)COP(=O)(Br)OCCBr. The molecular weight excluding hydrogens is 365 g/mol. The highest BCUT2D eigenvalue weighted by molar-refractivity contribution is 9.39. The summed E-state index contributed by atoms with van der Waals surface area (Å²) in [6, 6.07) is -0.644. The van der Waals surface area contributed by atoms with E-state index >= 15 is 0 Å². The average Bonchev–Trinajstić information content (AvgIpc) is 2.23. The van der Waals surface area contributed by atoms with E-state index in [1.165, 1.54) is 6.08 Å². The van der Waals surface area contributed by atoms with Crippen LogP contribution in [0.1, 0.15) is 6.92 Å². The van der Waals surface area contributed by atoms with Crippen molar-refractivity contribution < 1.29 is 18.7 Å². The van der Waals surface area contributed by atoms with Gasteiger partial charge in [-0.05, 0) is 6.92 Å². The Bertz CT molecular complexity index is 264. The molecule has 0 spiro atoms. The molecule has 0 radical (unpaired) electrons. The van der Waals surface area contributed by atoms with E-state index < -0.39 is 18.4 Å². The smallest absolute Gasteiger partial charge is 0.387 e. The molecule has 0 aromatic carbocycles. The number of halogens is 2. The van der Waals surface area contributed by atoms with E-state index in [1.807, 2.05) is 0 Å². The van der Waals surface area contributed by atoms with Gasteiger partial charge in [0, 0.05) is 20.8 Å². The van der Waals surface area contributed by atoms with Crippen LogP contribution in [0.15, 0.2) is 12.2 Å². The van der Waals surface area contributed by atoms with Gasteiger partial charge in [0.25, 0.3) is 0 Å². The Morgan fingerprint density at radius 3 is 2.69 bits per heavy atom. The van der Waals surface area contributed by atoms with E-state index in [9.17, 15) is 9.67 Å². The predicted molar refractivity (Wildman–Crippen MR) is 71.0 cm³/mol. The van der Waals surface area contributed by atoms with Crippen molar-refractivity contribution in [2.45, 2.75) is 19.1 Å². The van der Waals surface area contributed by atoms with E-state index in [0.717, 1.165) is 0 Å². The van der Waals surface area contributed by atoms with Crippen molar-refractivity contribution in [1.82, 2.24) is 0 Å². The van der Waals surface area contributed by atoms with Gasteiger partial charge in [0.2, 0.25) is 0 Å². The van der Waals surface area contributed by atoms with E-state index in [0.29, 0.717) is 5.33 Å². The zero-order chi connectivity index (χ0) is 12.6. The molecule has 0 amide bonds. The van der Waals surface area contributed by atoms with Crippen LogP contribution in [-0.2, 0) is 13.6 Å². The topological polar surface area (TPSA) is 81.8 Å². The van der Waals surface area contributed by atoms with Gasteiger partial charge in [-0.3, -0.25) is 9.05 Å². The maximum Gasteiger partial charge on any atom is 0.396 e.